The van der Waals surface area contributed by atoms with E-state index in [2.05, 4.69) is 15.9 Å². The minimum Gasteiger partial charge on any atom is -0.496 e. The summed E-state index contributed by atoms with van der Waals surface area (Å²) >= 11 is 3.41. The number of benzene rings is 2. The number of rotatable bonds is 6. The van der Waals surface area contributed by atoms with Crippen molar-refractivity contribution in [2.75, 3.05) is 28.4 Å². The normalized spacial score (nSPS) is 10.3. The number of halogens is 1. The Morgan fingerprint density at radius 2 is 1.56 bits per heavy atom. The Labute approximate surface area is 156 Å². The molecular weight excluding hydrogens is 386 g/mol. The summed E-state index contributed by atoms with van der Waals surface area (Å²) in [7, 11) is 6.48. The maximum Gasteiger partial charge on any atom is 0.254 e. The number of hydrogen-bond acceptors (Lipinski definition) is 4. The number of aryl methyl sites for hydroxylation is 1. The maximum absolute atomic E-state index is 12.8. The average Bonchev–Trinajstić information content (AvgIpc) is 2.61. The molecule has 1 amide bonds. The molecule has 0 N–H and O–H groups in total. The second-order valence-electron chi connectivity index (χ2n) is 5.67. The lowest BCUT2D eigenvalue weighted by Crippen LogP contribution is -2.26. The van der Waals surface area contributed by atoms with E-state index in [1.165, 1.54) is 0 Å². The van der Waals surface area contributed by atoms with E-state index in [-0.39, 0.29) is 5.91 Å². The van der Waals surface area contributed by atoms with E-state index in [4.69, 9.17) is 14.2 Å². The Hall–Kier alpha value is -2.21. The van der Waals surface area contributed by atoms with Crippen LogP contribution >= 0.6 is 15.9 Å². The highest BCUT2D eigenvalue weighted by Gasteiger charge is 2.18. The minimum absolute atomic E-state index is 0.132. The van der Waals surface area contributed by atoms with E-state index in [1.54, 1.807) is 45.4 Å². The summed E-state index contributed by atoms with van der Waals surface area (Å²) in [5, 5.41) is 0. The van der Waals surface area contributed by atoms with Crippen LogP contribution in [-0.4, -0.2) is 39.2 Å². The highest BCUT2D eigenvalue weighted by molar-refractivity contribution is 9.10. The van der Waals surface area contributed by atoms with E-state index in [9.17, 15) is 4.79 Å². The third-order valence-corrected chi connectivity index (χ3v) is 4.66. The number of amides is 1. The molecule has 0 aliphatic rings. The molecule has 0 bridgehead atoms. The molecule has 0 atom stereocenters. The van der Waals surface area contributed by atoms with Crippen molar-refractivity contribution in [1.29, 1.82) is 0 Å². The molecule has 2 rings (SSSR count). The summed E-state index contributed by atoms with van der Waals surface area (Å²) in [5.41, 5.74) is 2.56. The van der Waals surface area contributed by atoms with Crippen molar-refractivity contribution in [2.24, 2.45) is 0 Å². The molecule has 0 radical (unpaired) electrons. The first kappa shape index (κ1) is 19.1. The molecular formula is C19H22BrNO4. The van der Waals surface area contributed by atoms with Gasteiger partial charge in [0.2, 0.25) is 0 Å². The van der Waals surface area contributed by atoms with Crippen molar-refractivity contribution >= 4 is 21.8 Å². The van der Waals surface area contributed by atoms with Gasteiger partial charge in [0.1, 0.15) is 21.7 Å². The van der Waals surface area contributed by atoms with E-state index >= 15 is 0 Å². The topological polar surface area (TPSA) is 48.0 Å². The smallest absolute Gasteiger partial charge is 0.254 e. The van der Waals surface area contributed by atoms with Gasteiger partial charge in [-0.25, -0.2) is 0 Å². The van der Waals surface area contributed by atoms with Gasteiger partial charge in [0, 0.05) is 24.7 Å². The molecule has 0 fully saturated rings. The third kappa shape index (κ3) is 4.25. The fourth-order valence-electron chi connectivity index (χ4n) is 2.57. The molecule has 0 spiro atoms. The molecule has 0 heterocycles. The second-order valence-corrected chi connectivity index (χ2v) is 6.46. The van der Waals surface area contributed by atoms with Crippen LogP contribution in [0.2, 0.25) is 0 Å². The van der Waals surface area contributed by atoms with Crippen LogP contribution in [0.3, 0.4) is 0 Å². The summed E-state index contributed by atoms with van der Waals surface area (Å²) in [6.07, 6.45) is 0. The molecule has 6 heteroatoms. The monoisotopic (exact) mass is 407 g/mol. The molecule has 5 nitrogen and oxygen atoms in total. The zero-order chi connectivity index (χ0) is 18.6. The highest BCUT2D eigenvalue weighted by atomic mass is 79.9. The number of methoxy groups -OCH3 is 3. The molecule has 134 valence electrons. The van der Waals surface area contributed by atoms with Crippen LogP contribution in [0, 0.1) is 6.92 Å². The number of ether oxygens (including phenoxy) is 3. The van der Waals surface area contributed by atoms with Gasteiger partial charge >= 0.3 is 0 Å². The second kappa shape index (κ2) is 8.25. The van der Waals surface area contributed by atoms with Crippen molar-refractivity contribution < 1.29 is 19.0 Å². The van der Waals surface area contributed by atoms with Crippen molar-refractivity contribution in [3.8, 4) is 17.2 Å². The number of nitrogens with zero attached hydrogens (tertiary/aromatic N) is 1. The van der Waals surface area contributed by atoms with Gasteiger partial charge in [-0.15, -0.1) is 0 Å². The first-order valence-corrected chi connectivity index (χ1v) is 8.51. The molecule has 0 aliphatic carbocycles. The summed E-state index contributed by atoms with van der Waals surface area (Å²) < 4.78 is 16.7. The quantitative estimate of drug-likeness (QED) is 0.724. The van der Waals surface area contributed by atoms with Crippen molar-refractivity contribution in [3.63, 3.8) is 0 Å². The van der Waals surface area contributed by atoms with Crippen molar-refractivity contribution in [3.05, 3.63) is 51.5 Å². The van der Waals surface area contributed by atoms with Gasteiger partial charge in [0.15, 0.2) is 0 Å². The SMILES string of the molecule is COc1ccc(C)cc1CN(C)C(=O)c1cc(OC)c(Br)c(OC)c1. The molecule has 2 aromatic rings. The van der Waals surface area contributed by atoms with E-state index in [0.717, 1.165) is 16.9 Å². The van der Waals surface area contributed by atoms with Crippen LogP contribution in [0.1, 0.15) is 21.5 Å². The molecule has 0 aromatic heterocycles. The Morgan fingerprint density at radius 1 is 1.00 bits per heavy atom. The van der Waals surface area contributed by atoms with Crippen LogP contribution in [0.5, 0.6) is 17.2 Å². The number of hydrogen-bond donors (Lipinski definition) is 0. The van der Waals surface area contributed by atoms with Crippen LogP contribution in [0.25, 0.3) is 0 Å². The van der Waals surface area contributed by atoms with E-state index in [1.807, 2.05) is 25.1 Å². The lowest BCUT2D eigenvalue weighted by molar-refractivity contribution is 0.0783. The fraction of sp³-hybridized carbons (Fsp3) is 0.316. The van der Waals surface area contributed by atoms with Gasteiger partial charge in [-0.3, -0.25) is 4.79 Å². The molecule has 0 aliphatic heterocycles. The summed E-state index contributed by atoms with van der Waals surface area (Å²) in [6.45, 7) is 2.44. The minimum atomic E-state index is -0.132. The number of carbonyl (C=O) groups is 1. The van der Waals surface area contributed by atoms with E-state index in [0.29, 0.717) is 28.1 Å². The van der Waals surface area contributed by atoms with Gasteiger partial charge < -0.3 is 19.1 Å². The van der Waals surface area contributed by atoms with Crippen molar-refractivity contribution in [2.45, 2.75) is 13.5 Å². The summed E-state index contributed by atoms with van der Waals surface area (Å²) in [5.74, 6) is 1.72. The first-order chi connectivity index (χ1) is 11.9. The Kier molecular flexibility index (Phi) is 6.31. The Morgan fingerprint density at radius 3 is 2.08 bits per heavy atom. The fourth-order valence-corrected chi connectivity index (χ4v) is 3.12. The van der Waals surface area contributed by atoms with Gasteiger partial charge in [-0.05, 0) is 41.1 Å². The van der Waals surface area contributed by atoms with Gasteiger partial charge in [0.05, 0.1) is 21.3 Å². The average molecular weight is 408 g/mol. The van der Waals surface area contributed by atoms with Crippen molar-refractivity contribution in [1.82, 2.24) is 4.90 Å². The zero-order valence-electron chi connectivity index (χ0n) is 15.1. The molecule has 2 aromatic carbocycles. The third-order valence-electron chi connectivity index (χ3n) is 3.88. The van der Waals surface area contributed by atoms with E-state index < -0.39 is 0 Å². The zero-order valence-corrected chi connectivity index (χ0v) is 16.6. The molecule has 0 saturated carbocycles. The predicted octanol–water partition coefficient (Wildman–Crippen LogP) is 4.06. The van der Waals surface area contributed by atoms with Gasteiger partial charge in [-0.1, -0.05) is 17.7 Å². The standard InChI is InChI=1S/C19H22BrNO4/c1-12-6-7-15(23-3)14(8-12)11-21(2)19(22)13-9-16(24-4)18(20)17(10-13)25-5/h6-10H,11H2,1-5H3. The Bertz CT molecular complexity index is 751. The molecule has 0 saturated heterocycles. The largest absolute Gasteiger partial charge is 0.496 e. The maximum atomic E-state index is 12.8. The van der Waals surface area contributed by atoms with Crippen LogP contribution in [-0.2, 0) is 6.54 Å². The lowest BCUT2D eigenvalue weighted by atomic mass is 10.1. The Balaban J connectivity index is 2.30. The summed E-state index contributed by atoms with van der Waals surface area (Å²) in [6, 6.07) is 9.30. The van der Waals surface area contributed by atoms with Gasteiger partial charge in [0.25, 0.3) is 5.91 Å². The predicted molar refractivity (Wildman–Crippen MR) is 101 cm³/mol. The molecule has 25 heavy (non-hydrogen) atoms. The van der Waals surface area contributed by atoms with Crippen LogP contribution < -0.4 is 14.2 Å². The van der Waals surface area contributed by atoms with Crippen LogP contribution in [0.15, 0.2) is 34.8 Å². The lowest BCUT2D eigenvalue weighted by Gasteiger charge is -2.20. The first-order valence-electron chi connectivity index (χ1n) is 7.71. The molecule has 0 unspecified atom stereocenters. The van der Waals surface area contributed by atoms with Gasteiger partial charge in [-0.2, -0.15) is 0 Å². The highest BCUT2D eigenvalue weighted by Crippen LogP contribution is 2.36. The summed E-state index contributed by atoms with van der Waals surface area (Å²) in [4.78, 5) is 14.5. The number of carbonyl (C=O) groups excluding carboxylic acids is 1. The van der Waals surface area contributed by atoms with Crippen LogP contribution in [0.4, 0.5) is 0 Å².